The fraction of sp³-hybridized carbons (Fsp3) is 0.167. The molecule has 0 amide bonds. The molecule has 1 aromatic carbocycles. The molecule has 2 rings (SSSR count). The quantitative estimate of drug-likeness (QED) is 0.588. The SMILES string of the molecule is Bc1ccc(-n2c(C)ccc2C)cc1. The molecule has 0 spiro atoms. The Kier molecular flexibility index (Phi) is 2.20. The van der Waals surface area contributed by atoms with E-state index in [4.69, 9.17) is 0 Å². The molecule has 0 bridgehead atoms. The fourth-order valence-corrected chi connectivity index (χ4v) is 1.77. The largest absolute Gasteiger partial charge is 0.319 e. The third kappa shape index (κ3) is 1.48. The van der Waals surface area contributed by atoms with E-state index < -0.39 is 0 Å². The molecule has 2 heteroatoms. The number of rotatable bonds is 1. The van der Waals surface area contributed by atoms with Crippen molar-refractivity contribution >= 4 is 13.3 Å². The molecule has 0 aliphatic carbocycles. The number of hydrogen-bond acceptors (Lipinski definition) is 0. The van der Waals surface area contributed by atoms with Gasteiger partial charge in [-0.25, -0.2) is 0 Å². The normalized spacial score (nSPS) is 10.4. The van der Waals surface area contributed by atoms with Crippen LogP contribution in [0.1, 0.15) is 11.4 Å². The monoisotopic (exact) mass is 183 g/mol. The Morgan fingerprint density at radius 2 is 1.36 bits per heavy atom. The summed E-state index contributed by atoms with van der Waals surface area (Å²) in [5, 5.41) is 0. The van der Waals surface area contributed by atoms with Crippen molar-refractivity contribution in [2.45, 2.75) is 13.8 Å². The second-order valence-electron chi connectivity index (χ2n) is 3.79. The Bertz CT molecular complexity index is 420. The molecule has 0 unspecified atom stereocenters. The minimum Gasteiger partial charge on any atom is -0.319 e. The van der Waals surface area contributed by atoms with Crippen LogP contribution in [0.5, 0.6) is 0 Å². The molecule has 0 aliphatic heterocycles. The van der Waals surface area contributed by atoms with Crippen molar-refractivity contribution in [2.75, 3.05) is 0 Å². The average molecular weight is 183 g/mol. The van der Waals surface area contributed by atoms with Gasteiger partial charge in [-0.2, -0.15) is 0 Å². The van der Waals surface area contributed by atoms with Crippen molar-refractivity contribution in [3.63, 3.8) is 0 Å². The van der Waals surface area contributed by atoms with Crippen molar-refractivity contribution in [1.29, 1.82) is 0 Å². The molecule has 1 nitrogen and oxygen atoms in total. The number of hydrogen-bond donors (Lipinski definition) is 0. The van der Waals surface area contributed by atoms with Gasteiger partial charge in [0.15, 0.2) is 0 Å². The molecule has 0 N–H and O–H groups in total. The van der Waals surface area contributed by atoms with E-state index in [9.17, 15) is 0 Å². The van der Waals surface area contributed by atoms with E-state index in [0.29, 0.717) is 0 Å². The second-order valence-corrected chi connectivity index (χ2v) is 3.79. The minimum atomic E-state index is 1.25. The molecule has 0 saturated heterocycles. The molecular formula is C12H14BN. The summed E-state index contributed by atoms with van der Waals surface area (Å²) >= 11 is 0. The van der Waals surface area contributed by atoms with Crippen LogP contribution in [-0.2, 0) is 0 Å². The summed E-state index contributed by atoms with van der Waals surface area (Å²) in [6.07, 6.45) is 0. The molecule has 14 heavy (non-hydrogen) atoms. The highest BCUT2D eigenvalue weighted by molar-refractivity contribution is 6.32. The first-order valence-electron chi connectivity index (χ1n) is 4.90. The first-order chi connectivity index (χ1) is 6.68. The highest BCUT2D eigenvalue weighted by Crippen LogP contribution is 2.14. The van der Waals surface area contributed by atoms with Gasteiger partial charge in [0.05, 0.1) is 0 Å². The maximum Gasteiger partial charge on any atom is 0.139 e. The van der Waals surface area contributed by atoms with Gasteiger partial charge in [-0.05, 0) is 38.1 Å². The van der Waals surface area contributed by atoms with E-state index in [1.807, 2.05) is 0 Å². The molecule has 0 atom stereocenters. The van der Waals surface area contributed by atoms with Crippen molar-refractivity contribution in [1.82, 2.24) is 4.57 Å². The van der Waals surface area contributed by atoms with Gasteiger partial charge in [-0.15, -0.1) is 0 Å². The molecule has 70 valence electrons. The highest BCUT2D eigenvalue weighted by atomic mass is 15.0. The van der Waals surface area contributed by atoms with Gasteiger partial charge in [-0.1, -0.05) is 17.6 Å². The predicted octanol–water partition coefficient (Wildman–Crippen LogP) is 1.35. The van der Waals surface area contributed by atoms with E-state index in [0.717, 1.165) is 0 Å². The third-order valence-electron chi connectivity index (χ3n) is 2.56. The molecule has 0 fully saturated rings. The van der Waals surface area contributed by atoms with Crippen LogP contribution in [0.4, 0.5) is 0 Å². The van der Waals surface area contributed by atoms with Gasteiger partial charge in [-0.3, -0.25) is 0 Å². The summed E-state index contributed by atoms with van der Waals surface area (Å²) in [5.74, 6) is 0. The molecule has 0 aliphatic rings. The van der Waals surface area contributed by atoms with E-state index >= 15 is 0 Å². The summed E-state index contributed by atoms with van der Waals surface area (Å²) in [4.78, 5) is 0. The van der Waals surface area contributed by atoms with Gasteiger partial charge in [0, 0.05) is 17.1 Å². The molecule has 0 radical (unpaired) electrons. The van der Waals surface area contributed by atoms with Crippen LogP contribution in [0.15, 0.2) is 36.4 Å². The number of aromatic nitrogens is 1. The van der Waals surface area contributed by atoms with Crippen LogP contribution in [0.25, 0.3) is 5.69 Å². The van der Waals surface area contributed by atoms with Crippen molar-refractivity contribution in [2.24, 2.45) is 0 Å². The lowest BCUT2D eigenvalue weighted by atomic mass is 9.96. The zero-order valence-corrected chi connectivity index (χ0v) is 8.91. The Morgan fingerprint density at radius 3 is 1.86 bits per heavy atom. The second kappa shape index (κ2) is 3.37. The Hall–Kier alpha value is -1.44. The minimum absolute atomic E-state index is 1.25. The Labute approximate surface area is 85.8 Å². The molecule has 0 saturated carbocycles. The van der Waals surface area contributed by atoms with Crippen molar-refractivity contribution in [3.8, 4) is 5.69 Å². The first kappa shape index (κ1) is 9.13. The zero-order valence-electron chi connectivity index (χ0n) is 8.91. The Balaban J connectivity index is 2.54. The Morgan fingerprint density at radius 1 is 0.857 bits per heavy atom. The van der Waals surface area contributed by atoms with Crippen LogP contribution in [0.3, 0.4) is 0 Å². The van der Waals surface area contributed by atoms with Gasteiger partial charge < -0.3 is 4.57 Å². The van der Waals surface area contributed by atoms with Crippen LogP contribution >= 0.6 is 0 Å². The average Bonchev–Trinajstić information content (AvgIpc) is 2.49. The van der Waals surface area contributed by atoms with Crippen molar-refractivity contribution < 1.29 is 0 Å². The topological polar surface area (TPSA) is 4.93 Å². The summed E-state index contributed by atoms with van der Waals surface area (Å²) in [5.41, 5.74) is 5.12. The number of aryl methyl sites for hydroxylation is 2. The lowest BCUT2D eigenvalue weighted by molar-refractivity contribution is 0.966. The number of nitrogens with zero attached hydrogens (tertiary/aromatic N) is 1. The lowest BCUT2D eigenvalue weighted by Gasteiger charge is -2.09. The maximum atomic E-state index is 2.26. The van der Waals surface area contributed by atoms with Crippen LogP contribution in [0.2, 0.25) is 0 Å². The maximum absolute atomic E-state index is 2.26. The van der Waals surface area contributed by atoms with Crippen LogP contribution in [0, 0.1) is 13.8 Å². The van der Waals surface area contributed by atoms with Gasteiger partial charge in [0.25, 0.3) is 0 Å². The van der Waals surface area contributed by atoms with Gasteiger partial charge in [0.2, 0.25) is 0 Å². The fourth-order valence-electron chi connectivity index (χ4n) is 1.77. The highest BCUT2D eigenvalue weighted by Gasteiger charge is 2.02. The van der Waals surface area contributed by atoms with E-state index in [1.165, 1.54) is 22.5 Å². The predicted molar refractivity (Wildman–Crippen MR) is 63.4 cm³/mol. The van der Waals surface area contributed by atoms with Gasteiger partial charge in [0.1, 0.15) is 7.85 Å². The van der Waals surface area contributed by atoms with E-state index in [2.05, 4.69) is 62.7 Å². The molecule has 1 heterocycles. The smallest absolute Gasteiger partial charge is 0.139 e. The summed E-state index contributed by atoms with van der Waals surface area (Å²) in [7, 11) is 2.11. The summed E-state index contributed by atoms with van der Waals surface area (Å²) < 4.78 is 2.26. The molecule has 1 aromatic heterocycles. The van der Waals surface area contributed by atoms with Gasteiger partial charge >= 0.3 is 0 Å². The zero-order chi connectivity index (χ0) is 10.1. The first-order valence-corrected chi connectivity index (χ1v) is 4.90. The van der Waals surface area contributed by atoms with Crippen molar-refractivity contribution in [3.05, 3.63) is 47.8 Å². The molecular weight excluding hydrogens is 169 g/mol. The van der Waals surface area contributed by atoms with E-state index in [-0.39, 0.29) is 0 Å². The lowest BCUT2D eigenvalue weighted by Crippen LogP contribution is -2.04. The number of benzene rings is 1. The standard InChI is InChI=1S/C12H14BN/c1-9-3-4-10(2)14(9)12-7-5-11(13)6-8-12/h3-8H,13H2,1-2H3. The summed E-state index contributed by atoms with van der Waals surface area (Å²) in [6, 6.07) is 12.9. The third-order valence-corrected chi connectivity index (χ3v) is 2.56. The summed E-state index contributed by atoms with van der Waals surface area (Å²) in [6.45, 7) is 4.26. The van der Waals surface area contributed by atoms with Crippen LogP contribution < -0.4 is 5.46 Å². The van der Waals surface area contributed by atoms with E-state index in [1.54, 1.807) is 0 Å². The van der Waals surface area contributed by atoms with Crippen LogP contribution in [-0.4, -0.2) is 12.4 Å². The molecule has 2 aromatic rings.